The van der Waals surface area contributed by atoms with Crippen LogP contribution in [-0.4, -0.2) is 35.9 Å². The number of hydrogen-bond donors (Lipinski definition) is 0. The van der Waals surface area contributed by atoms with E-state index in [9.17, 15) is 13.2 Å². The van der Waals surface area contributed by atoms with Gasteiger partial charge in [-0.2, -0.15) is 0 Å². The molecule has 1 unspecified atom stereocenters. The molecule has 5 nitrogen and oxygen atoms in total. The lowest BCUT2D eigenvalue weighted by atomic mass is 10.0. The van der Waals surface area contributed by atoms with Crippen molar-refractivity contribution in [3.8, 4) is 0 Å². The zero-order valence-corrected chi connectivity index (χ0v) is 14.4. The molecule has 1 saturated heterocycles. The Hall–Kier alpha value is -1.69. The first kappa shape index (κ1) is 16.7. The summed E-state index contributed by atoms with van der Waals surface area (Å²) >= 11 is 0. The topological polar surface area (TPSA) is 66.8 Å². The third-order valence-electron chi connectivity index (χ3n) is 3.31. The van der Waals surface area contributed by atoms with Crippen molar-refractivity contribution in [1.29, 1.82) is 0 Å². The number of hydrogen-bond acceptors (Lipinski definition) is 4. The van der Waals surface area contributed by atoms with Gasteiger partial charge in [-0.25, -0.2) is 12.7 Å². The Morgan fingerprint density at radius 2 is 1.68 bits per heavy atom. The molecular formula is C16H22N2O3S. The summed E-state index contributed by atoms with van der Waals surface area (Å²) in [4.78, 5) is 17.0. The average Bonchev–Trinajstić information content (AvgIpc) is 2.55. The lowest BCUT2D eigenvalue weighted by molar-refractivity contribution is -0.122. The van der Waals surface area contributed by atoms with Crippen LogP contribution in [0, 0.1) is 0 Å². The summed E-state index contributed by atoms with van der Waals surface area (Å²) in [7, 11) is -3.83. The lowest BCUT2D eigenvalue weighted by Crippen LogP contribution is -2.45. The third kappa shape index (κ3) is 2.79. The maximum absolute atomic E-state index is 13.0. The van der Waals surface area contributed by atoms with Crippen LogP contribution in [-0.2, 0) is 14.8 Å². The summed E-state index contributed by atoms with van der Waals surface area (Å²) in [5.41, 5.74) is -0.143. The van der Waals surface area contributed by atoms with E-state index in [0.29, 0.717) is 5.56 Å². The molecule has 22 heavy (non-hydrogen) atoms. The van der Waals surface area contributed by atoms with Gasteiger partial charge in [-0.05, 0) is 40.2 Å². The van der Waals surface area contributed by atoms with E-state index in [4.69, 9.17) is 0 Å². The average molecular weight is 322 g/mol. The number of carbonyl (C=O) groups is 1. The first-order valence-corrected chi connectivity index (χ1v) is 8.78. The van der Waals surface area contributed by atoms with Crippen LogP contribution in [0.5, 0.6) is 0 Å². The van der Waals surface area contributed by atoms with Gasteiger partial charge in [0.15, 0.2) is 5.25 Å². The Morgan fingerprint density at radius 1 is 1.14 bits per heavy atom. The molecule has 1 heterocycles. The predicted octanol–water partition coefficient (Wildman–Crippen LogP) is 2.55. The van der Waals surface area contributed by atoms with Gasteiger partial charge in [-0.15, -0.1) is 0 Å². The molecule has 1 aliphatic rings. The van der Waals surface area contributed by atoms with Crippen molar-refractivity contribution >= 4 is 21.6 Å². The van der Waals surface area contributed by atoms with Crippen LogP contribution in [0.1, 0.15) is 45.4 Å². The molecule has 0 aromatic heterocycles. The highest BCUT2D eigenvalue weighted by atomic mass is 32.2. The molecule has 0 spiro atoms. The highest BCUT2D eigenvalue weighted by Crippen LogP contribution is 2.38. The van der Waals surface area contributed by atoms with Crippen LogP contribution >= 0.6 is 0 Å². The standard InChI is InChI=1S/C16H22N2O3S/c1-11(2)17-13-14(12-9-7-6-8-10-12)22(20,21)18(15(13)19)16(3,4)5/h6-11,14H,1-5H3. The molecule has 0 saturated carbocycles. The quantitative estimate of drug-likeness (QED) is 0.840. The zero-order valence-electron chi connectivity index (χ0n) is 13.6. The molecule has 0 radical (unpaired) electrons. The summed E-state index contributed by atoms with van der Waals surface area (Å²) in [5, 5.41) is -1.03. The van der Waals surface area contributed by atoms with Gasteiger partial charge in [-0.3, -0.25) is 9.79 Å². The molecule has 120 valence electrons. The third-order valence-corrected chi connectivity index (χ3v) is 5.63. The van der Waals surface area contributed by atoms with Gasteiger partial charge in [0.25, 0.3) is 15.9 Å². The van der Waals surface area contributed by atoms with Gasteiger partial charge >= 0.3 is 0 Å². The van der Waals surface area contributed by atoms with Gasteiger partial charge in [-0.1, -0.05) is 30.3 Å². The number of aliphatic imine (C=N–C) groups is 1. The van der Waals surface area contributed by atoms with Crippen molar-refractivity contribution in [2.24, 2.45) is 4.99 Å². The maximum Gasteiger partial charge on any atom is 0.283 e. The lowest BCUT2D eigenvalue weighted by Gasteiger charge is -2.30. The summed E-state index contributed by atoms with van der Waals surface area (Å²) < 4.78 is 26.9. The number of rotatable bonds is 2. The largest absolute Gasteiger partial charge is 0.283 e. The van der Waals surface area contributed by atoms with Crippen LogP contribution in [0.15, 0.2) is 35.3 Å². The molecule has 1 aliphatic heterocycles. The first-order chi connectivity index (χ1) is 10.1. The minimum atomic E-state index is -3.83. The molecule has 1 atom stereocenters. The van der Waals surface area contributed by atoms with Crippen molar-refractivity contribution in [2.45, 2.75) is 51.4 Å². The van der Waals surface area contributed by atoms with Crippen LogP contribution in [0.3, 0.4) is 0 Å². The second-order valence-corrected chi connectivity index (χ2v) is 8.55. The molecule has 0 aliphatic carbocycles. The summed E-state index contributed by atoms with van der Waals surface area (Å²) in [5.74, 6) is -0.518. The van der Waals surface area contributed by atoms with Crippen molar-refractivity contribution in [2.75, 3.05) is 0 Å². The van der Waals surface area contributed by atoms with Gasteiger partial charge in [0, 0.05) is 6.04 Å². The van der Waals surface area contributed by atoms with Gasteiger partial charge in [0.05, 0.1) is 5.54 Å². The van der Waals surface area contributed by atoms with E-state index in [1.165, 1.54) is 0 Å². The SMILES string of the molecule is CC(C)N=C1C(=O)N(C(C)(C)C)S(=O)(=O)C1c1ccccc1. The fourth-order valence-corrected chi connectivity index (χ4v) is 4.87. The van der Waals surface area contributed by atoms with E-state index in [0.717, 1.165) is 4.31 Å². The van der Waals surface area contributed by atoms with E-state index < -0.39 is 26.7 Å². The molecule has 1 aromatic rings. The maximum atomic E-state index is 13.0. The van der Waals surface area contributed by atoms with Crippen molar-refractivity contribution in [3.63, 3.8) is 0 Å². The highest BCUT2D eigenvalue weighted by Gasteiger charge is 2.54. The predicted molar refractivity (Wildman–Crippen MR) is 87.3 cm³/mol. The smallest absolute Gasteiger partial charge is 0.279 e. The second kappa shape index (κ2) is 5.50. The summed E-state index contributed by atoms with van der Waals surface area (Å²) in [6, 6.07) is 8.63. The Morgan fingerprint density at radius 3 is 2.14 bits per heavy atom. The van der Waals surface area contributed by atoms with Gasteiger partial charge < -0.3 is 0 Å². The van der Waals surface area contributed by atoms with E-state index in [2.05, 4.69) is 4.99 Å². The second-order valence-electron chi connectivity index (χ2n) is 6.68. The van der Waals surface area contributed by atoms with Gasteiger partial charge in [0.2, 0.25) is 0 Å². The Labute approximate surface area is 132 Å². The monoisotopic (exact) mass is 322 g/mol. The minimum absolute atomic E-state index is 0.108. The number of amides is 1. The molecule has 1 fully saturated rings. The van der Waals surface area contributed by atoms with Crippen LogP contribution in [0.25, 0.3) is 0 Å². The van der Waals surface area contributed by atoms with E-state index in [1.807, 2.05) is 19.9 Å². The number of nitrogens with zero attached hydrogens (tertiary/aromatic N) is 2. The fraction of sp³-hybridized carbons (Fsp3) is 0.500. The van der Waals surface area contributed by atoms with E-state index in [1.54, 1.807) is 45.0 Å². The normalized spacial score (nSPS) is 23.5. The zero-order chi connectivity index (χ0) is 16.7. The van der Waals surface area contributed by atoms with Crippen molar-refractivity contribution in [3.05, 3.63) is 35.9 Å². The summed E-state index contributed by atoms with van der Waals surface area (Å²) in [6.07, 6.45) is 0. The van der Waals surface area contributed by atoms with Gasteiger partial charge in [0.1, 0.15) is 5.71 Å². The van der Waals surface area contributed by atoms with Crippen LogP contribution in [0.2, 0.25) is 0 Å². The molecular weight excluding hydrogens is 300 g/mol. The summed E-state index contributed by atoms with van der Waals surface area (Å²) in [6.45, 7) is 8.79. The Kier molecular flexibility index (Phi) is 4.17. The molecule has 2 rings (SSSR count). The Bertz CT molecular complexity index is 701. The molecule has 1 aromatic carbocycles. The number of carbonyl (C=O) groups excluding carboxylic acids is 1. The number of sulfonamides is 1. The molecule has 1 amide bonds. The number of benzene rings is 1. The molecule has 0 N–H and O–H groups in total. The fourth-order valence-electron chi connectivity index (χ4n) is 2.62. The highest BCUT2D eigenvalue weighted by molar-refractivity contribution is 7.91. The minimum Gasteiger partial charge on any atom is -0.279 e. The van der Waals surface area contributed by atoms with Crippen molar-refractivity contribution in [1.82, 2.24) is 4.31 Å². The van der Waals surface area contributed by atoms with E-state index in [-0.39, 0.29) is 11.8 Å². The molecule has 6 heteroatoms. The van der Waals surface area contributed by atoms with Crippen LogP contribution < -0.4 is 0 Å². The van der Waals surface area contributed by atoms with E-state index >= 15 is 0 Å². The van der Waals surface area contributed by atoms with Crippen LogP contribution in [0.4, 0.5) is 0 Å². The Balaban J connectivity index is 2.70. The molecule has 0 bridgehead atoms. The first-order valence-electron chi connectivity index (χ1n) is 7.28. The van der Waals surface area contributed by atoms with Crippen molar-refractivity contribution < 1.29 is 13.2 Å².